The van der Waals surface area contributed by atoms with Gasteiger partial charge in [-0.05, 0) is 75.1 Å². The number of anilines is 2. The second-order valence-corrected chi connectivity index (χ2v) is 12.2. The highest BCUT2D eigenvalue weighted by atomic mass is 32.2. The van der Waals surface area contributed by atoms with Gasteiger partial charge in [0, 0.05) is 34.2 Å². The lowest BCUT2D eigenvalue weighted by Crippen LogP contribution is -2.39. The first kappa shape index (κ1) is 21.9. The molecule has 3 aliphatic heterocycles. The first-order valence-electron chi connectivity index (χ1n) is 12.7. The van der Waals surface area contributed by atoms with Crippen molar-refractivity contribution < 1.29 is 9.53 Å². The highest BCUT2D eigenvalue weighted by Gasteiger charge is 2.67. The predicted octanol–water partition coefficient (Wildman–Crippen LogP) is 3.64. The van der Waals surface area contributed by atoms with Gasteiger partial charge in [0.1, 0.15) is 17.4 Å². The van der Waals surface area contributed by atoms with E-state index in [9.17, 15) is 4.79 Å². The van der Waals surface area contributed by atoms with Gasteiger partial charge in [0.15, 0.2) is 0 Å². The minimum Gasteiger partial charge on any atom is -0.497 e. The summed E-state index contributed by atoms with van der Waals surface area (Å²) in [5, 5.41) is 7.29. The molecule has 1 spiro atoms. The quantitative estimate of drug-likeness (QED) is 0.513. The minimum atomic E-state index is -0.363. The molecule has 35 heavy (non-hydrogen) atoms. The monoisotopic (exact) mass is 492 g/mol. The van der Waals surface area contributed by atoms with Crippen molar-refractivity contribution in [3.05, 3.63) is 40.8 Å². The third-order valence-corrected chi connectivity index (χ3v) is 10.2. The Kier molecular flexibility index (Phi) is 4.89. The molecule has 2 saturated carbocycles. The smallest absolute Gasteiger partial charge is 0.235 e. The van der Waals surface area contributed by atoms with E-state index in [1.165, 1.54) is 11.3 Å². The van der Waals surface area contributed by atoms with Gasteiger partial charge in [-0.25, -0.2) is 15.4 Å². The minimum absolute atomic E-state index is 0.144. The number of rotatable bonds is 4. The summed E-state index contributed by atoms with van der Waals surface area (Å²) in [4.78, 5) is 22.6. The Morgan fingerprint density at radius 2 is 2.11 bits per heavy atom. The molecule has 184 valence electrons. The van der Waals surface area contributed by atoms with Crippen LogP contribution in [-0.4, -0.2) is 35.2 Å². The number of methoxy groups -OCH3 is 1. The van der Waals surface area contributed by atoms with Crippen LogP contribution in [0.3, 0.4) is 0 Å². The normalized spacial score (nSPS) is 36.5. The van der Waals surface area contributed by atoms with Crippen LogP contribution in [0.5, 0.6) is 5.75 Å². The maximum atomic E-state index is 13.1. The van der Waals surface area contributed by atoms with Gasteiger partial charge in [0.2, 0.25) is 5.91 Å². The summed E-state index contributed by atoms with van der Waals surface area (Å²) >= 11 is 1.93. The molecule has 9 heteroatoms. The highest BCUT2D eigenvalue weighted by molar-refractivity contribution is 7.99. The van der Waals surface area contributed by atoms with E-state index in [2.05, 4.69) is 39.5 Å². The number of carbonyl (C=O) groups is 1. The zero-order valence-electron chi connectivity index (χ0n) is 20.4. The Bertz CT molecular complexity index is 1220. The number of nitrogens with one attached hydrogen (secondary N) is 4. The molecular formula is C26H32N6O2S. The number of benzene rings is 1. The van der Waals surface area contributed by atoms with Gasteiger partial charge >= 0.3 is 0 Å². The van der Waals surface area contributed by atoms with Crippen LogP contribution < -0.4 is 26.2 Å². The molecule has 1 saturated heterocycles. The number of nitrogens with zero attached hydrogens (tertiary/aromatic N) is 2. The number of hydrazine groups is 1. The zero-order valence-corrected chi connectivity index (χ0v) is 21.2. The second-order valence-electron chi connectivity index (χ2n) is 10.8. The number of ether oxygens (including phenoxy) is 1. The molecule has 7 rings (SSSR count). The topological polar surface area (TPSA) is 100 Å². The summed E-state index contributed by atoms with van der Waals surface area (Å²) in [7, 11) is 1.68. The van der Waals surface area contributed by atoms with Crippen molar-refractivity contribution in [3.8, 4) is 5.75 Å². The first-order valence-corrected chi connectivity index (χ1v) is 13.8. The molecule has 0 bridgehead atoms. The van der Waals surface area contributed by atoms with Crippen molar-refractivity contribution >= 4 is 29.2 Å². The van der Waals surface area contributed by atoms with Gasteiger partial charge in [-0.3, -0.25) is 10.2 Å². The maximum Gasteiger partial charge on any atom is 0.235 e. The van der Waals surface area contributed by atoms with Crippen LogP contribution in [0.25, 0.3) is 0 Å². The van der Waals surface area contributed by atoms with Crippen molar-refractivity contribution in [2.45, 2.75) is 68.2 Å². The van der Waals surface area contributed by atoms with Crippen LogP contribution in [0, 0.1) is 24.7 Å². The van der Waals surface area contributed by atoms with Crippen LogP contribution >= 0.6 is 11.8 Å². The fourth-order valence-electron chi connectivity index (χ4n) is 7.24. The Hall–Kier alpha value is -2.36. The second kappa shape index (κ2) is 7.82. The molecule has 5 aliphatic rings. The van der Waals surface area contributed by atoms with Crippen molar-refractivity contribution in [1.82, 2.24) is 20.8 Å². The van der Waals surface area contributed by atoms with Crippen LogP contribution in [0.4, 0.5) is 11.5 Å². The van der Waals surface area contributed by atoms with E-state index in [0.717, 1.165) is 60.1 Å². The molecule has 1 aromatic carbocycles. The summed E-state index contributed by atoms with van der Waals surface area (Å²) in [5.41, 5.74) is 11.3. The van der Waals surface area contributed by atoms with E-state index in [1.807, 2.05) is 30.8 Å². The van der Waals surface area contributed by atoms with E-state index < -0.39 is 0 Å². The summed E-state index contributed by atoms with van der Waals surface area (Å²) in [6.45, 7) is 4.22. The van der Waals surface area contributed by atoms with Crippen LogP contribution in [0.1, 0.15) is 60.5 Å². The molecule has 1 amide bonds. The van der Waals surface area contributed by atoms with E-state index in [0.29, 0.717) is 29.0 Å². The number of aryl methyl sites for hydroxylation is 1. The predicted molar refractivity (Wildman–Crippen MR) is 136 cm³/mol. The van der Waals surface area contributed by atoms with Crippen LogP contribution in [0.2, 0.25) is 0 Å². The number of amides is 1. The van der Waals surface area contributed by atoms with E-state index in [-0.39, 0.29) is 17.5 Å². The van der Waals surface area contributed by atoms with Crippen molar-refractivity contribution in [1.29, 1.82) is 0 Å². The molecule has 2 aliphatic carbocycles. The lowest BCUT2D eigenvalue weighted by molar-refractivity contribution is -0.118. The molecule has 4 N–H and O–H groups in total. The summed E-state index contributed by atoms with van der Waals surface area (Å²) in [6.07, 6.45) is 4.45. The molecule has 7 atom stereocenters. The number of hydrogen-bond donors (Lipinski definition) is 4. The molecule has 3 fully saturated rings. The Labute approximate surface area is 209 Å². The van der Waals surface area contributed by atoms with E-state index in [1.54, 1.807) is 7.11 Å². The largest absolute Gasteiger partial charge is 0.497 e. The number of fused-ring (bicyclic) bond motifs is 4. The molecule has 0 radical (unpaired) electrons. The van der Waals surface area contributed by atoms with Gasteiger partial charge < -0.3 is 15.4 Å². The average Bonchev–Trinajstić information content (AvgIpc) is 3.19. The standard InChI is InChI=1S/C26H32N6O2S/c1-12-22-21(11-35-12)27-13(2)28-24(22)30-23-16-6-4-14(8-20(16)31-32-23)18-10-26(18)17-9-15(34-3)5-7-19(17)29-25(26)33/h5,7,9,12,14,16,18,20,23,31-32H,4,6,8,10-11H2,1-3H3,(H,29,33)(H,27,28,30)/t12?,14?,16?,18-,20?,23?,26-/m0/s1. The molecule has 2 aromatic rings. The zero-order chi connectivity index (χ0) is 23.9. The summed E-state index contributed by atoms with van der Waals surface area (Å²) < 4.78 is 5.46. The third kappa shape index (κ3) is 3.24. The molecule has 1 aromatic heterocycles. The van der Waals surface area contributed by atoms with Gasteiger partial charge in [-0.1, -0.05) is 0 Å². The van der Waals surface area contributed by atoms with Gasteiger partial charge in [-0.2, -0.15) is 0 Å². The Morgan fingerprint density at radius 3 is 2.97 bits per heavy atom. The number of hydrogen-bond acceptors (Lipinski definition) is 8. The SMILES string of the molecule is COc1ccc2c(c1)[C@]1(C[C@H]1C1CCC3C(C1)NNC3Nc1nc(C)nc3c1C(C)SC3)C(=O)N2. The van der Waals surface area contributed by atoms with Crippen LogP contribution in [-0.2, 0) is 16.0 Å². The lowest BCUT2D eigenvalue weighted by Gasteiger charge is -2.34. The third-order valence-electron chi connectivity index (χ3n) is 9.05. The average molecular weight is 493 g/mol. The van der Waals surface area contributed by atoms with E-state index >= 15 is 0 Å². The Morgan fingerprint density at radius 1 is 1.23 bits per heavy atom. The van der Waals surface area contributed by atoms with Gasteiger partial charge in [0.05, 0.1) is 24.4 Å². The van der Waals surface area contributed by atoms with Crippen molar-refractivity contribution in [2.24, 2.45) is 17.8 Å². The summed E-state index contributed by atoms with van der Waals surface area (Å²) in [5.74, 6) is 5.20. The fraction of sp³-hybridized carbons (Fsp3) is 0.577. The highest BCUT2D eigenvalue weighted by Crippen LogP contribution is 2.65. The maximum absolute atomic E-state index is 13.1. The molecule has 8 nitrogen and oxygen atoms in total. The number of thioether (sulfide) groups is 1. The Balaban J connectivity index is 1.07. The summed E-state index contributed by atoms with van der Waals surface area (Å²) in [6, 6.07) is 6.36. The van der Waals surface area contributed by atoms with Crippen LogP contribution in [0.15, 0.2) is 18.2 Å². The van der Waals surface area contributed by atoms with Gasteiger partial charge in [-0.15, -0.1) is 11.8 Å². The number of aromatic nitrogens is 2. The molecule has 5 unspecified atom stereocenters. The van der Waals surface area contributed by atoms with Gasteiger partial charge in [0.25, 0.3) is 0 Å². The number of carbonyl (C=O) groups excluding carboxylic acids is 1. The first-order chi connectivity index (χ1) is 17.0. The molecule has 4 heterocycles. The lowest BCUT2D eigenvalue weighted by atomic mass is 9.74. The van der Waals surface area contributed by atoms with E-state index in [4.69, 9.17) is 9.72 Å². The molecular weight excluding hydrogens is 460 g/mol. The fourth-order valence-corrected chi connectivity index (χ4v) is 8.28. The van der Waals surface area contributed by atoms with Crippen molar-refractivity contribution in [2.75, 3.05) is 17.7 Å². The van der Waals surface area contributed by atoms with Crippen molar-refractivity contribution in [3.63, 3.8) is 0 Å².